The zero-order valence-corrected chi connectivity index (χ0v) is 13.5. The lowest BCUT2D eigenvalue weighted by Crippen LogP contribution is -2.60. The van der Waals surface area contributed by atoms with E-state index >= 15 is 0 Å². The fourth-order valence-electron chi connectivity index (χ4n) is 2.40. The maximum atomic E-state index is 11.1. The van der Waals surface area contributed by atoms with E-state index < -0.39 is 43.3 Å². The number of hydrogen-bond acceptors (Lipinski definition) is 9. The average molecular weight is 360 g/mol. The third kappa shape index (κ3) is 3.78. The van der Waals surface area contributed by atoms with Crippen LogP contribution < -0.4 is 14.2 Å². The van der Waals surface area contributed by atoms with Gasteiger partial charge < -0.3 is 44.5 Å². The highest BCUT2D eigenvalue weighted by molar-refractivity contribution is 5.89. The Morgan fingerprint density at radius 3 is 2.08 bits per heavy atom. The lowest BCUT2D eigenvalue weighted by Gasteiger charge is -2.39. The normalized spacial score (nSPS) is 29.1. The minimum Gasteiger partial charge on any atom is -0.493 e. The fraction of sp³-hybridized carbons (Fsp3) is 0.533. The number of ether oxygens (including phenoxy) is 4. The number of carbonyl (C=O) groups is 1. The Hall–Kier alpha value is -2.11. The molecule has 0 amide bonds. The molecule has 5 atom stereocenters. The van der Waals surface area contributed by atoms with Gasteiger partial charge in [0, 0.05) is 0 Å². The van der Waals surface area contributed by atoms with Crippen LogP contribution >= 0.6 is 0 Å². The monoisotopic (exact) mass is 360 g/mol. The number of methoxy groups -OCH3 is 2. The van der Waals surface area contributed by atoms with Gasteiger partial charge in [-0.05, 0) is 12.1 Å². The van der Waals surface area contributed by atoms with Crippen LogP contribution in [0.2, 0.25) is 0 Å². The standard InChI is InChI=1S/C15H20O10/c1-22-7-3-6(14(20)21)4-8(23-2)13(7)25-15-12(19)11(18)10(17)9(5-16)24-15/h3-4,9-12,15-19H,5H2,1-2H3,(H,20,21)/t9-,10-,11+,12-,15+/m1/s1. The van der Waals surface area contributed by atoms with Gasteiger partial charge in [0.2, 0.25) is 12.0 Å². The molecule has 1 heterocycles. The van der Waals surface area contributed by atoms with Crippen molar-refractivity contribution in [3.63, 3.8) is 0 Å². The molecule has 1 aromatic rings. The van der Waals surface area contributed by atoms with Crippen molar-refractivity contribution < 1.29 is 49.3 Å². The molecule has 5 N–H and O–H groups in total. The molecule has 10 heteroatoms. The van der Waals surface area contributed by atoms with Crippen molar-refractivity contribution in [3.8, 4) is 17.2 Å². The SMILES string of the molecule is COc1cc(C(=O)O)cc(OC)c1O[C@@H]1O[C@H](CO)[C@@H](O)[C@H](O)[C@H]1O. The molecular formula is C15H20O10. The quantitative estimate of drug-likeness (QED) is 0.408. The van der Waals surface area contributed by atoms with Gasteiger partial charge in [-0.15, -0.1) is 0 Å². The molecular weight excluding hydrogens is 340 g/mol. The van der Waals surface area contributed by atoms with Crippen molar-refractivity contribution in [2.75, 3.05) is 20.8 Å². The van der Waals surface area contributed by atoms with Gasteiger partial charge in [0.15, 0.2) is 11.5 Å². The summed E-state index contributed by atoms with van der Waals surface area (Å²) in [5, 5.41) is 47.9. The number of rotatable bonds is 6. The maximum Gasteiger partial charge on any atom is 0.335 e. The van der Waals surface area contributed by atoms with Crippen molar-refractivity contribution in [1.82, 2.24) is 0 Å². The van der Waals surface area contributed by atoms with Gasteiger partial charge in [-0.1, -0.05) is 0 Å². The van der Waals surface area contributed by atoms with Crippen LogP contribution in [0, 0.1) is 0 Å². The molecule has 2 rings (SSSR count). The largest absolute Gasteiger partial charge is 0.493 e. The average Bonchev–Trinajstić information content (AvgIpc) is 2.61. The summed E-state index contributed by atoms with van der Waals surface area (Å²) in [5.41, 5.74) is -0.116. The molecule has 0 aliphatic carbocycles. The van der Waals surface area contributed by atoms with E-state index in [9.17, 15) is 25.2 Å². The highest BCUT2D eigenvalue weighted by atomic mass is 16.7. The summed E-state index contributed by atoms with van der Waals surface area (Å²) < 4.78 is 20.9. The molecule has 1 saturated heterocycles. The highest BCUT2D eigenvalue weighted by Crippen LogP contribution is 2.40. The van der Waals surface area contributed by atoms with E-state index in [1.54, 1.807) is 0 Å². The van der Waals surface area contributed by atoms with E-state index in [1.807, 2.05) is 0 Å². The Balaban J connectivity index is 2.36. The summed E-state index contributed by atoms with van der Waals surface area (Å²) in [7, 11) is 2.56. The second kappa shape index (κ2) is 7.85. The summed E-state index contributed by atoms with van der Waals surface area (Å²) >= 11 is 0. The van der Waals surface area contributed by atoms with E-state index in [4.69, 9.17) is 24.1 Å². The molecule has 0 aromatic heterocycles. The second-order valence-electron chi connectivity index (χ2n) is 5.33. The zero-order chi connectivity index (χ0) is 18.7. The lowest BCUT2D eigenvalue weighted by molar-refractivity contribution is -0.277. The molecule has 1 aliphatic rings. The Morgan fingerprint density at radius 1 is 1.08 bits per heavy atom. The Labute approximate surface area is 142 Å². The first kappa shape index (κ1) is 19.2. The number of carboxylic acids is 1. The summed E-state index contributed by atoms with van der Waals surface area (Å²) in [4.78, 5) is 11.1. The molecule has 1 aromatic carbocycles. The molecule has 1 aliphatic heterocycles. The van der Waals surface area contributed by atoms with E-state index in [0.717, 1.165) is 0 Å². The van der Waals surface area contributed by atoms with E-state index in [0.29, 0.717) is 0 Å². The molecule has 1 fully saturated rings. The predicted molar refractivity (Wildman–Crippen MR) is 80.9 cm³/mol. The summed E-state index contributed by atoms with van der Waals surface area (Å²) in [5.74, 6) is -1.29. The number of benzene rings is 1. The zero-order valence-electron chi connectivity index (χ0n) is 13.5. The lowest BCUT2D eigenvalue weighted by atomic mass is 9.99. The fourth-order valence-corrected chi connectivity index (χ4v) is 2.40. The van der Waals surface area contributed by atoms with E-state index in [-0.39, 0.29) is 22.8 Å². The number of aromatic carboxylic acids is 1. The highest BCUT2D eigenvalue weighted by Gasteiger charge is 2.45. The molecule has 0 radical (unpaired) electrons. The Morgan fingerprint density at radius 2 is 1.64 bits per heavy atom. The molecule has 25 heavy (non-hydrogen) atoms. The van der Waals surface area contributed by atoms with Gasteiger partial charge >= 0.3 is 5.97 Å². The van der Waals surface area contributed by atoms with Crippen LogP contribution in [0.5, 0.6) is 17.2 Å². The first-order chi connectivity index (χ1) is 11.8. The maximum absolute atomic E-state index is 11.1. The summed E-state index contributed by atoms with van der Waals surface area (Å²) in [6.45, 7) is -0.614. The topological polar surface area (TPSA) is 155 Å². The van der Waals surface area contributed by atoms with Crippen molar-refractivity contribution in [3.05, 3.63) is 17.7 Å². The first-order valence-corrected chi connectivity index (χ1v) is 7.30. The van der Waals surface area contributed by atoms with Crippen molar-refractivity contribution in [2.45, 2.75) is 30.7 Å². The molecule has 10 nitrogen and oxygen atoms in total. The summed E-state index contributed by atoms with van der Waals surface area (Å²) in [6, 6.07) is 2.37. The Kier molecular flexibility index (Phi) is 6.03. The molecule has 0 saturated carbocycles. The van der Waals surface area contributed by atoms with Crippen LogP contribution in [-0.2, 0) is 4.74 Å². The van der Waals surface area contributed by atoms with Crippen molar-refractivity contribution >= 4 is 5.97 Å². The minimum atomic E-state index is -1.63. The number of hydrogen-bond donors (Lipinski definition) is 5. The van der Waals surface area contributed by atoms with Crippen molar-refractivity contribution in [1.29, 1.82) is 0 Å². The molecule has 0 unspecified atom stereocenters. The number of aliphatic hydroxyl groups is 4. The minimum absolute atomic E-state index is 0.00582. The van der Waals surface area contributed by atoms with Crippen LogP contribution in [0.25, 0.3) is 0 Å². The van der Waals surface area contributed by atoms with Gasteiger partial charge in [0.1, 0.15) is 24.4 Å². The second-order valence-corrected chi connectivity index (χ2v) is 5.33. The third-order valence-electron chi connectivity index (χ3n) is 3.79. The van der Waals surface area contributed by atoms with Crippen LogP contribution in [0.15, 0.2) is 12.1 Å². The van der Waals surface area contributed by atoms with Crippen LogP contribution in [0.3, 0.4) is 0 Å². The van der Waals surface area contributed by atoms with E-state index in [1.165, 1.54) is 26.4 Å². The number of aliphatic hydroxyl groups excluding tert-OH is 4. The molecule has 0 bridgehead atoms. The van der Waals surface area contributed by atoms with Gasteiger partial charge in [-0.3, -0.25) is 0 Å². The number of carboxylic acid groups (broad SMARTS) is 1. The van der Waals surface area contributed by atoms with Crippen molar-refractivity contribution in [2.24, 2.45) is 0 Å². The Bertz CT molecular complexity index is 591. The van der Waals surface area contributed by atoms with Crippen LogP contribution in [-0.4, -0.2) is 83.0 Å². The van der Waals surface area contributed by atoms with Gasteiger partial charge in [-0.2, -0.15) is 0 Å². The third-order valence-corrected chi connectivity index (χ3v) is 3.79. The molecule has 140 valence electrons. The van der Waals surface area contributed by atoms with Crippen LogP contribution in [0.1, 0.15) is 10.4 Å². The smallest absolute Gasteiger partial charge is 0.335 e. The van der Waals surface area contributed by atoms with Gasteiger partial charge in [0.25, 0.3) is 0 Å². The molecule has 0 spiro atoms. The predicted octanol–water partition coefficient (Wildman–Crippen LogP) is -1.42. The summed E-state index contributed by atoms with van der Waals surface area (Å²) in [6.07, 6.45) is -7.40. The van der Waals surface area contributed by atoms with Gasteiger partial charge in [-0.25, -0.2) is 4.79 Å². The van der Waals surface area contributed by atoms with E-state index in [2.05, 4.69) is 0 Å². The first-order valence-electron chi connectivity index (χ1n) is 7.30. The van der Waals surface area contributed by atoms with Crippen LogP contribution in [0.4, 0.5) is 0 Å². The van der Waals surface area contributed by atoms with Gasteiger partial charge in [0.05, 0.1) is 26.4 Å².